The first-order chi connectivity index (χ1) is 9.25. The quantitative estimate of drug-likeness (QED) is 0.462. The van der Waals surface area contributed by atoms with Gasteiger partial charge in [-0.1, -0.05) is 13.3 Å². The maximum absolute atomic E-state index is 11.8. The van der Waals surface area contributed by atoms with E-state index in [1.165, 1.54) is 0 Å². The minimum absolute atomic E-state index is 0.285. The number of aldehydes is 1. The maximum atomic E-state index is 11.8. The Hall–Kier alpha value is -1.68. The molecule has 0 spiro atoms. The summed E-state index contributed by atoms with van der Waals surface area (Å²) in [6, 6.07) is 0. The SMILES string of the molecule is CCCCC(=O)C=O.O=C(O)C(F)(F)C(F)(F)C(F)(F)F. The lowest BCUT2D eigenvalue weighted by atomic mass is 10.1. The Balaban J connectivity index is 0. The van der Waals surface area contributed by atoms with Gasteiger partial charge in [-0.15, -0.1) is 0 Å². The Morgan fingerprint density at radius 1 is 1.05 bits per heavy atom. The standard InChI is InChI=1S/C6H10O2.C4HF7O2/c1-2-3-4-6(8)5-7;5-2(6,1(12)13)3(7,8)4(9,10)11/h5H,2-4H2,1H3;(H,12,13). The van der Waals surface area contributed by atoms with E-state index in [1.807, 2.05) is 6.92 Å². The smallest absolute Gasteiger partial charge is 0.460 e. The highest BCUT2D eigenvalue weighted by atomic mass is 19.4. The zero-order chi connectivity index (χ0) is 17.5. The fraction of sp³-hybridized carbons (Fsp3) is 0.700. The van der Waals surface area contributed by atoms with Gasteiger partial charge in [-0.3, -0.25) is 9.59 Å². The molecule has 0 rings (SSSR count). The van der Waals surface area contributed by atoms with Crippen molar-refractivity contribution in [1.29, 1.82) is 0 Å². The fourth-order valence-electron chi connectivity index (χ4n) is 0.722. The number of carbonyl (C=O) groups excluding carboxylic acids is 2. The number of carboxylic acids is 1. The highest BCUT2D eigenvalue weighted by molar-refractivity contribution is 6.24. The summed E-state index contributed by atoms with van der Waals surface area (Å²) in [6.07, 6.45) is -4.00. The molecule has 0 bridgehead atoms. The van der Waals surface area contributed by atoms with E-state index in [2.05, 4.69) is 0 Å². The molecule has 124 valence electrons. The lowest BCUT2D eigenvalue weighted by Crippen LogP contribution is -2.56. The number of aliphatic carboxylic acids is 1. The van der Waals surface area contributed by atoms with Crippen molar-refractivity contribution in [3.8, 4) is 0 Å². The summed E-state index contributed by atoms with van der Waals surface area (Å²) in [6.45, 7) is 1.98. The second-order valence-corrected chi connectivity index (χ2v) is 3.64. The number of hydrogen-bond donors (Lipinski definition) is 1. The van der Waals surface area contributed by atoms with Crippen LogP contribution in [-0.4, -0.2) is 41.2 Å². The normalized spacial score (nSPS) is 12.2. The van der Waals surface area contributed by atoms with Crippen LogP contribution in [0.3, 0.4) is 0 Å². The molecule has 1 N–H and O–H groups in total. The van der Waals surface area contributed by atoms with Crippen molar-refractivity contribution in [2.24, 2.45) is 0 Å². The molecule has 0 aliphatic carbocycles. The zero-order valence-electron chi connectivity index (χ0n) is 10.5. The van der Waals surface area contributed by atoms with Crippen LogP contribution in [0.15, 0.2) is 0 Å². The van der Waals surface area contributed by atoms with Crippen molar-refractivity contribution in [3.63, 3.8) is 0 Å². The number of ketones is 1. The predicted molar refractivity (Wildman–Crippen MR) is 54.2 cm³/mol. The molecule has 0 atom stereocenters. The molecule has 0 aromatic rings. The molecular formula is C10H11F7O4. The van der Waals surface area contributed by atoms with Crippen LogP contribution in [-0.2, 0) is 14.4 Å². The second kappa shape index (κ2) is 7.93. The molecule has 0 saturated heterocycles. The molecule has 0 saturated carbocycles. The lowest BCUT2D eigenvalue weighted by Gasteiger charge is -2.24. The molecular weight excluding hydrogens is 317 g/mol. The van der Waals surface area contributed by atoms with Gasteiger partial charge < -0.3 is 5.11 Å². The lowest BCUT2D eigenvalue weighted by molar-refractivity contribution is -0.347. The van der Waals surface area contributed by atoms with Gasteiger partial charge in [-0.05, 0) is 6.42 Å². The Bertz CT molecular complexity index is 376. The summed E-state index contributed by atoms with van der Waals surface area (Å²) in [5.74, 6) is -16.6. The third-order valence-electron chi connectivity index (χ3n) is 1.93. The first kappa shape index (κ1) is 21.6. The van der Waals surface area contributed by atoms with Crippen molar-refractivity contribution in [3.05, 3.63) is 0 Å². The summed E-state index contributed by atoms with van der Waals surface area (Å²) >= 11 is 0. The summed E-state index contributed by atoms with van der Waals surface area (Å²) in [7, 11) is 0. The van der Waals surface area contributed by atoms with E-state index in [4.69, 9.17) is 5.11 Å². The van der Waals surface area contributed by atoms with E-state index in [0.717, 1.165) is 12.8 Å². The average molecular weight is 328 g/mol. The zero-order valence-corrected chi connectivity index (χ0v) is 10.5. The molecule has 4 nitrogen and oxygen atoms in total. The Morgan fingerprint density at radius 3 is 1.67 bits per heavy atom. The van der Waals surface area contributed by atoms with Gasteiger partial charge in [-0.2, -0.15) is 30.7 Å². The first-order valence-electron chi connectivity index (χ1n) is 5.29. The Kier molecular flexibility index (Phi) is 8.17. The maximum Gasteiger partial charge on any atom is 0.460 e. The highest BCUT2D eigenvalue weighted by Crippen LogP contribution is 2.46. The van der Waals surface area contributed by atoms with E-state index in [9.17, 15) is 45.1 Å². The van der Waals surface area contributed by atoms with Gasteiger partial charge in [0.15, 0.2) is 12.1 Å². The van der Waals surface area contributed by atoms with Gasteiger partial charge >= 0.3 is 24.0 Å². The fourth-order valence-corrected chi connectivity index (χ4v) is 0.722. The monoisotopic (exact) mass is 328 g/mol. The summed E-state index contributed by atoms with van der Waals surface area (Å²) in [5, 5.41) is 7.41. The van der Waals surface area contributed by atoms with Crippen LogP contribution < -0.4 is 0 Å². The number of rotatable bonds is 6. The molecule has 0 radical (unpaired) electrons. The average Bonchev–Trinajstić information content (AvgIpc) is 2.34. The number of halogens is 7. The van der Waals surface area contributed by atoms with E-state index in [0.29, 0.717) is 12.7 Å². The number of Topliss-reactive ketones (excluding diaryl/α,β-unsaturated/α-hetero) is 1. The van der Waals surface area contributed by atoms with Crippen molar-refractivity contribution in [2.75, 3.05) is 0 Å². The Labute approximate surface area is 113 Å². The third-order valence-corrected chi connectivity index (χ3v) is 1.93. The molecule has 0 heterocycles. The van der Waals surface area contributed by atoms with E-state index in [1.54, 1.807) is 0 Å². The number of carbonyl (C=O) groups is 3. The summed E-state index contributed by atoms with van der Waals surface area (Å²) < 4.78 is 80.5. The Morgan fingerprint density at radius 2 is 1.48 bits per heavy atom. The summed E-state index contributed by atoms with van der Waals surface area (Å²) in [5.41, 5.74) is 0. The molecule has 11 heteroatoms. The van der Waals surface area contributed by atoms with Gasteiger partial charge in [0.05, 0.1) is 0 Å². The number of unbranched alkanes of at least 4 members (excludes halogenated alkanes) is 1. The van der Waals surface area contributed by atoms with Gasteiger partial charge in [0, 0.05) is 6.42 Å². The number of alkyl halides is 7. The largest absolute Gasteiger partial charge is 0.477 e. The van der Waals surface area contributed by atoms with Gasteiger partial charge in [0.25, 0.3) is 0 Å². The van der Waals surface area contributed by atoms with Crippen molar-refractivity contribution in [2.45, 2.75) is 44.2 Å². The predicted octanol–water partition coefficient (Wildman–Crippen LogP) is 2.85. The molecule has 0 aromatic heterocycles. The molecule has 0 unspecified atom stereocenters. The summed E-state index contributed by atoms with van der Waals surface area (Å²) in [4.78, 5) is 29.2. The molecule has 0 aliphatic rings. The molecule has 0 amide bonds. The molecule has 0 aromatic carbocycles. The van der Waals surface area contributed by atoms with Gasteiger partial charge in [0.1, 0.15) is 0 Å². The van der Waals surface area contributed by atoms with Crippen LogP contribution >= 0.6 is 0 Å². The first-order valence-corrected chi connectivity index (χ1v) is 5.29. The molecule has 0 aliphatic heterocycles. The van der Waals surface area contributed by atoms with Crippen molar-refractivity contribution >= 4 is 18.0 Å². The van der Waals surface area contributed by atoms with E-state index < -0.39 is 24.0 Å². The minimum atomic E-state index is -6.60. The van der Waals surface area contributed by atoms with Crippen LogP contribution in [0.4, 0.5) is 30.7 Å². The number of carboxylic acid groups (broad SMARTS) is 1. The highest BCUT2D eigenvalue weighted by Gasteiger charge is 2.76. The van der Waals surface area contributed by atoms with Crippen LogP contribution in [0, 0.1) is 0 Å². The van der Waals surface area contributed by atoms with Crippen molar-refractivity contribution in [1.82, 2.24) is 0 Å². The van der Waals surface area contributed by atoms with E-state index in [-0.39, 0.29) is 5.78 Å². The minimum Gasteiger partial charge on any atom is -0.477 e. The van der Waals surface area contributed by atoms with Crippen LogP contribution in [0.1, 0.15) is 26.2 Å². The third kappa shape index (κ3) is 6.08. The molecule has 21 heavy (non-hydrogen) atoms. The van der Waals surface area contributed by atoms with Gasteiger partial charge in [-0.25, -0.2) is 4.79 Å². The second-order valence-electron chi connectivity index (χ2n) is 3.64. The molecule has 0 fully saturated rings. The van der Waals surface area contributed by atoms with Gasteiger partial charge in [0.2, 0.25) is 0 Å². The number of hydrogen-bond acceptors (Lipinski definition) is 3. The van der Waals surface area contributed by atoms with E-state index >= 15 is 0 Å². The van der Waals surface area contributed by atoms with Crippen molar-refractivity contribution < 1.29 is 50.2 Å². The van der Waals surface area contributed by atoms with Crippen LogP contribution in [0.5, 0.6) is 0 Å². The van der Waals surface area contributed by atoms with Crippen LogP contribution in [0.2, 0.25) is 0 Å². The van der Waals surface area contributed by atoms with Crippen LogP contribution in [0.25, 0.3) is 0 Å². The topological polar surface area (TPSA) is 71.4 Å².